The van der Waals surface area contributed by atoms with Crippen molar-refractivity contribution >= 4 is 11.8 Å². The zero-order valence-corrected chi connectivity index (χ0v) is 10.8. The van der Waals surface area contributed by atoms with Crippen molar-refractivity contribution < 1.29 is 9.50 Å². The molecule has 0 fully saturated rings. The van der Waals surface area contributed by atoms with Gasteiger partial charge in [-0.15, -0.1) is 11.8 Å². The molecule has 2 aromatic rings. The van der Waals surface area contributed by atoms with E-state index in [9.17, 15) is 4.39 Å². The van der Waals surface area contributed by atoms with Crippen LogP contribution in [0.2, 0.25) is 0 Å². The third-order valence-electron chi connectivity index (χ3n) is 2.30. The summed E-state index contributed by atoms with van der Waals surface area (Å²) >= 11 is 1.52. The smallest absolute Gasteiger partial charge is 0.124 e. The van der Waals surface area contributed by atoms with Crippen molar-refractivity contribution in [1.82, 2.24) is 9.97 Å². The second-order valence-corrected chi connectivity index (χ2v) is 4.59. The van der Waals surface area contributed by atoms with E-state index in [2.05, 4.69) is 21.8 Å². The van der Waals surface area contributed by atoms with Gasteiger partial charge in [0.2, 0.25) is 0 Å². The number of rotatable bonds is 3. The van der Waals surface area contributed by atoms with Crippen molar-refractivity contribution in [2.45, 2.75) is 10.8 Å². The van der Waals surface area contributed by atoms with Crippen LogP contribution in [-0.4, -0.2) is 21.7 Å². The monoisotopic (exact) mass is 274 g/mol. The zero-order chi connectivity index (χ0) is 13.5. The Morgan fingerprint density at radius 3 is 2.95 bits per heavy atom. The van der Waals surface area contributed by atoms with Gasteiger partial charge >= 0.3 is 0 Å². The van der Waals surface area contributed by atoms with Crippen LogP contribution in [0, 0.1) is 17.7 Å². The van der Waals surface area contributed by atoms with Crippen molar-refractivity contribution in [3.8, 4) is 11.8 Å². The Hall–Kier alpha value is -1.90. The van der Waals surface area contributed by atoms with Crippen molar-refractivity contribution in [3.05, 3.63) is 53.7 Å². The fourth-order valence-corrected chi connectivity index (χ4v) is 2.28. The lowest BCUT2D eigenvalue weighted by molar-refractivity contribution is 0.350. The van der Waals surface area contributed by atoms with E-state index in [1.807, 2.05) is 6.07 Å². The molecule has 0 saturated carbocycles. The Bertz CT molecular complexity index is 608. The fourth-order valence-electron chi connectivity index (χ4n) is 1.44. The van der Waals surface area contributed by atoms with E-state index in [1.54, 1.807) is 12.3 Å². The van der Waals surface area contributed by atoms with Gasteiger partial charge in [0.25, 0.3) is 0 Å². The van der Waals surface area contributed by atoms with Gasteiger partial charge in [-0.3, -0.25) is 0 Å². The van der Waals surface area contributed by atoms with Crippen molar-refractivity contribution in [2.75, 3.05) is 6.61 Å². The van der Waals surface area contributed by atoms with E-state index in [4.69, 9.17) is 5.11 Å². The van der Waals surface area contributed by atoms with E-state index in [0.29, 0.717) is 11.3 Å². The summed E-state index contributed by atoms with van der Waals surface area (Å²) in [7, 11) is 0. The first-order valence-corrected chi connectivity index (χ1v) is 6.55. The minimum Gasteiger partial charge on any atom is -0.384 e. The molecule has 1 aromatic heterocycles. The molecule has 0 bridgehead atoms. The van der Waals surface area contributed by atoms with Gasteiger partial charge in [-0.1, -0.05) is 17.9 Å². The first-order chi connectivity index (χ1) is 9.29. The van der Waals surface area contributed by atoms with E-state index in [-0.39, 0.29) is 12.4 Å². The van der Waals surface area contributed by atoms with E-state index < -0.39 is 0 Å². The molecule has 0 aliphatic rings. The Kier molecular flexibility index (Phi) is 4.90. The molecule has 96 valence electrons. The quantitative estimate of drug-likeness (QED) is 0.530. The topological polar surface area (TPSA) is 46.0 Å². The standard InChI is InChI=1S/C14H11FN2OS/c15-13-4-3-12(11(8-13)2-1-7-18)9-19-14-5-6-16-10-17-14/h3-6,8,10,18H,7,9H2. The minimum atomic E-state index is -0.335. The summed E-state index contributed by atoms with van der Waals surface area (Å²) in [6, 6.07) is 6.29. The molecule has 0 radical (unpaired) electrons. The van der Waals surface area contributed by atoms with Gasteiger partial charge in [0.15, 0.2) is 0 Å². The van der Waals surface area contributed by atoms with Crippen LogP contribution in [0.3, 0.4) is 0 Å². The lowest BCUT2D eigenvalue weighted by Crippen LogP contribution is -1.91. The van der Waals surface area contributed by atoms with Gasteiger partial charge in [-0.2, -0.15) is 0 Å². The highest BCUT2D eigenvalue weighted by Crippen LogP contribution is 2.22. The molecule has 5 heteroatoms. The van der Waals surface area contributed by atoms with Crippen LogP contribution in [0.1, 0.15) is 11.1 Å². The molecule has 0 amide bonds. The number of hydrogen-bond acceptors (Lipinski definition) is 4. The normalized spacial score (nSPS) is 9.79. The second kappa shape index (κ2) is 6.88. The van der Waals surface area contributed by atoms with Crippen molar-refractivity contribution in [1.29, 1.82) is 0 Å². The number of nitrogens with zero attached hydrogens (tertiary/aromatic N) is 2. The van der Waals surface area contributed by atoms with Crippen LogP contribution in [0.5, 0.6) is 0 Å². The molecule has 0 saturated heterocycles. The first-order valence-electron chi connectivity index (χ1n) is 5.56. The lowest BCUT2D eigenvalue weighted by atomic mass is 10.1. The molecule has 2 rings (SSSR count). The molecule has 0 spiro atoms. The zero-order valence-electron chi connectivity index (χ0n) is 10.0. The van der Waals surface area contributed by atoms with Gasteiger partial charge in [0.05, 0.1) is 5.03 Å². The molecule has 0 atom stereocenters. The van der Waals surface area contributed by atoms with Gasteiger partial charge < -0.3 is 5.11 Å². The largest absolute Gasteiger partial charge is 0.384 e. The highest BCUT2D eigenvalue weighted by molar-refractivity contribution is 7.98. The van der Waals surface area contributed by atoms with Crippen LogP contribution in [-0.2, 0) is 5.75 Å². The van der Waals surface area contributed by atoms with Gasteiger partial charge in [-0.05, 0) is 23.8 Å². The maximum atomic E-state index is 13.2. The lowest BCUT2D eigenvalue weighted by Gasteiger charge is -2.04. The summed E-state index contributed by atoms with van der Waals surface area (Å²) in [4.78, 5) is 7.95. The van der Waals surface area contributed by atoms with E-state index >= 15 is 0 Å². The minimum absolute atomic E-state index is 0.241. The average molecular weight is 274 g/mol. The SMILES string of the molecule is OCC#Cc1cc(F)ccc1CSc1ccncn1. The maximum absolute atomic E-state index is 13.2. The molecule has 19 heavy (non-hydrogen) atoms. The predicted molar refractivity (Wildman–Crippen MR) is 72.0 cm³/mol. The molecule has 3 nitrogen and oxygen atoms in total. The summed E-state index contributed by atoms with van der Waals surface area (Å²) in [5, 5.41) is 9.55. The third kappa shape index (κ3) is 4.05. The Morgan fingerprint density at radius 2 is 2.21 bits per heavy atom. The second-order valence-electron chi connectivity index (χ2n) is 3.60. The number of hydrogen-bond donors (Lipinski definition) is 1. The Balaban J connectivity index is 2.15. The van der Waals surface area contributed by atoms with Gasteiger partial charge in [0.1, 0.15) is 18.8 Å². The van der Waals surface area contributed by atoms with Crippen LogP contribution in [0.4, 0.5) is 4.39 Å². The number of halogens is 1. The Morgan fingerprint density at radius 1 is 1.32 bits per heavy atom. The number of aromatic nitrogens is 2. The van der Waals surface area contributed by atoms with Crippen molar-refractivity contribution in [2.24, 2.45) is 0 Å². The van der Waals surface area contributed by atoms with Crippen LogP contribution < -0.4 is 0 Å². The number of thioether (sulfide) groups is 1. The summed E-state index contributed by atoms with van der Waals surface area (Å²) < 4.78 is 13.2. The molecule has 1 heterocycles. The summed E-state index contributed by atoms with van der Waals surface area (Å²) in [5.74, 6) is 5.58. The van der Waals surface area contributed by atoms with Gasteiger partial charge in [0, 0.05) is 17.5 Å². The van der Waals surface area contributed by atoms with Crippen LogP contribution in [0.15, 0.2) is 41.8 Å². The molecular formula is C14H11FN2OS. The summed E-state index contributed by atoms with van der Waals surface area (Å²) in [5.41, 5.74) is 1.50. The van der Waals surface area contributed by atoms with Crippen LogP contribution in [0.25, 0.3) is 0 Å². The molecular weight excluding hydrogens is 263 g/mol. The molecule has 0 unspecified atom stereocenters. The molecule has 1 N–H and O–H groups in total. The molecule has 0 aliphatic carbocycles. The summed E-state index contributed by atoms with van der Waals surface area (Å²) in [6.45, 7) is -0.241. The highest BCUT2D eigenvalue weighted by atomic mass is 32.2. The highest BCUT2D eigenvalue weighted by Gasteiger charge is 2.04. The fraction of sp³-hybridized carbons (Fsp3) is 0.143. The number of aliphatic hydroxyl groups is 1. The molecule has 1 aromatic carbocycles. The van der Waals surface area contributed by atoms with E-state index in [1.165, 1.54) is 30.2 Å². The predicted octanol–water partition coefficient (Wildman–Crippen LogP) is 2.25. The van der Waals surface area contributed by atoms with E-state index in [0.717, 1.165) is 10.6 Å². The number of aliphatic hydroxyl groups excluding tert-OH is 1. The van der Waals surface area contributed by atoms with Crippen LogP contribution >= 0.6 is 11.8 Å². The first kappa shape index (κ1) is 13.5. The van der Waals surface area contributed by atoms with Crippen molar-refractivity contribution in [3.63, 3.8) is 0 Å². The number of benzene rings is 1. The Labute approximate surface area is 114 Å². The third-order valence-corrected chi connectivity index (χ3v) is 3.30. The molecule has 0 aliphatic heterocycles. The maximum Gasteiger partial charge on any atom is 0.124 e. The average Bonchev–Trinajstić information content (AvgIpc) is 2.45. The van der Waals surface area contributed by atoms with Gasteiger partial charge in [-0.25, -0.2) is 14.4 Å². The summed E-state index contributed by atoms with van der Waals surface area (Å²) in [6.07, 6.45) is 3.16.